The highest BCUT2D eigenvalue weighted by Crippen LogP contribution is 2.36. The Bertz CT molecular complexity index is 922. The van der Waals surface area contributed by atoms with Crippen molar-refractivity contribution >= 4 is 11.8 Å². The fraction of sp³-hybridized carbons (Fsp3) is 0.364. The van der Waals surface area contributed by atoms with Crippen LogP contribution in [-0.2, 0) is 4.79 Å². The number of ether oxygens (including phenoxy) is 2. The highest BCUT2D eigenvalue weighted by atomic mass is 16.7. The van der Waals surface area contributed by atoms with E-state index in [0.29, 0.717) is 30.2 Å². The normalized spacial score (nSPS) is 17.7. The summed E-state index contributed by atoms with van der Waals surface area (Å²) in [6.07, 6.45) is 1.51. The van der Waals surface area contributed by atoms with Gasteiger partial charge in [-0.15, -0.1) is 0 Å². The van der Waals surface area contributed by atoms with E-state index in [1.807, 2.05) is 49.4 Å². The smallest absolute Gasteiger partial charge is 0.251 e. The summed E-state index contributed by atoms with van der Waals surface area (Å²) in [5, 5.41) is 3.12. The molecule has 1 unspecified atom stereocenters. The number of hydrogen-bond acceptors (Lipinski definition) is 5. The van der Waals surface area contributed by atoms with Gasteiger partial charge in [-0.2, -0.15) is 0 Å². The molecule has 0 bridgehead atoms. The molecule has 1 atom stereocenters. The minimum absolute atomic E-state index is 0.0521. The fourth-order valence-corrected chi connectivity index (χ4v) is 4.03. The number of hydrogen-bond donors (Lipinski definition) is 2. The minimum Gasteiger partial charge on any atom is -0.454 e. The molecule has 0 aliphatic carbocycles. The Kier molecular flexibility index (Phi) is 5.40. The third kappa shape index (κ3) is 4.05. The summed E-state index contributed by atoms with van der Waals surface area (Å²) in [6.45, 7) is 3.45. The molecule has 1 fully saturated rings. The topological polar surface area (TPSA) is 93.9 Å². The van der Waals surface area contributed by atoms with E-state index in [9.17, 15) is 9.59 Å². The number of primary amides is 1. The van der Waals surface area contributed by atoms with Crippen LogP contribution in [0.5, 0.6) is 11.5 Å². The summed E-state index contributed by atoms with van der Waals surface area (Å²) in [5.41, 5.74) is 8.18. The molecule has 0 radical (unpaired) electrons. The lowest BCUT2D eigenvalue weighted by Crippen LogP contribution is -2.48. The lowest BCUT2D eigenvalue weighted by molar-refractivity contribution is -0.124. The number of nitrogens with one attached hydrogen (secondary N) is 1. The van der Waals surface area contributed by atoms with Crippen LogP contribution in [0, 0.1) is 6.92 Å². The number of aryl methyl sites for hydroxylation is 1. The highest BCUT2D eigenvalue weighted by Gasteiger charge is 2.31. The van der Waals surface area contributed by atoms with Crippen LogP contribution in [0.3, 0.4) is 0 Å². The second kappa shape index (κ2) is 8.13. The zero-order valence-corrected chi connectivity index (χ0v) is 16.4. The van der Waals surface area contributed by atoms with Crippen LogP contribution in [-0.4, -0.2) is 42.6 Å². The molecular weight excluding hydrogens is 370 g/mol. The third-order valence-electron chi connectivity index (χ3n) is 5.60. The van der Waals surface area contributed by atoms with Gasteiger partial charge in [-0.1, -0.05) is 24.3 Å². The monoisotopic (exact) mass is 395 g/mol. The summed E-state index contributed by atoms with van der Waals surface area (Å²) < 4.78 is 10.8. The molecule has 2 aromatic rings. The van der Waals surface area contributed by atoms with Gasteiger partial charge in [0, 0.05) is 24.7 Å². The van der Waals surface area contributed by atoms with Gasteiger partial charge in [0.1, 0.15) is 6.04 Å². The summed E-state index contributed by atoms with van der Waals surface area (Å²) in [5.74, 6) is 0.860. The van der Waals surface area contributed by atoms with Gasteiger partial charge in [0.15, 0.2) is 11.5 Å². The Morgan fingerprint density at radius 2 is 1.83 bits per heavy atom. The van der Waals surface area contributed by atoms with Crippen LogP contribution in [0.4, 0.5) is 0 Å². The average molecular weight is 395 g/mol. The Morgan fingerprint density at radius 1 is 1.10 bits per heavy atom. The molecular formula is C22H25N3O4. The quantitative estimate of drug-likeness (QED) is 0.809. The standard InChI is InChI=1S/C22H25N3O4/c1-14-4-2-3-5-17(14)22(27)24-16-8-10-25(11-9-16)20(21(23)26)15-6-7-18-19(12-15)29-13-28-18/h2-7,12,16,20H,8-11,13H2,1H3,(H2,23,26)(H,24,27). The number of fused-ring (bicyclic) bond motifs is 1. The van der Waals surface area contributed by atoms with E-state index in [4.69, 9.17) is 15.2 Å². The summed E-state index contributed by atoms with van der Waals surface area (Å²) >= 11 is 0. The molecule has 2 aliphatic rings. The Labute approximate surface area is 169 Å². The van der Waals surface area contributed by atoms with Crippen LogP contribution >= 0.6 is 0 Å². The molecule has 4 rings (SSSR count). The van der Waals surface area contributed by atoms with Crippen molar-refractivity contribution in [1.29, 1.82) is 0 Å². The van der Waals surface area contributed by atoms with Crippen LogP contribution in [0.15, 0.2) is 42.5 Å². The van der Waals surface area contributed by atoms with Crippen molar-refractivity contribution < 1.29 is 19.1 Å². The van der Waals surface area contributed by atoms with Crippen molar-refractivity contribution in [1.82, 2.24) is 10.2 Å². The van der Waals surface area contributed by atoms with E-state index in [-0.39, 0.29) is 18.7 Å². The Balaban J connectivity index is 1.40. The summed E-state index contributed by atoms with van der Waals surface area (Å²) in [7, 11) is 0. The molecule has 0 spiro atoms. The molecule has 2 amide bonds. The molecule has 2 aromatic carbocycles. The van der Waals surface area contributed by atoms with Gasteiger partial charge >= 0.3 is 0 Å². The largest absolute Gasteiger partial charge is 0.454 e. The van der Waals surface area contributed by atoms with Crippen molar-refractivity contribution in [2.45, 2.75) is 31.8 Å². The maximum Gasteiger partial charge on any atom is 0.251 e. The van der Waals surface area contributed by atoms with E-state index in [1.54, 1.807) is 0 Å². The first kappa shape index (κ1) is 19.3. The van der Waals surface area contributed by atoms with Crippen molar-refractivity contribution in [3.63, 3.8) is 0 Å². The van der Waals surface area contributed by atoms with E-state index < -0.39 is 11.9 Å². The molecule has 2 aliphatic heterocycles. The van der Waals surface area contributed by atoms with Crippen molar-refractivity contribution in [2.75, 3.05) is 19.9 Å². The molecule has 7 nitrogen and oxygen atoms in total. The molecule has 7 heteroatoms. The number of nitrogens with two attached hydrogens (primary N) is 1. The number of likely N-dealkylation sites (tertiary alicyclic amines) is 1. The number of rotatable bonds is 5. The van der Waals surface area contributed by atoms with Crippen molar-refractivity contribution in [3.05, 3.63) is 59.2 Å². The van der Waals surface area contributed by atoms with Gasteiger partial charge < -0.3 is 20.5 Å². The maximum absolute atomic E-state index is 12.6. The lowest BCUT2D eigenvalue weighted by Gasteiger charge is -2.36. The molecule has 152 valence electrons. The first-order valence-corrected chi connectivity index (χ1v) is 9.82. The maximum atomic E-state index is 12.6. The molecule has 2 heterocycles. The number of nitrogens with zero attached hydrogens (tertiary/aromatic N) is 1. The molecule has 1 saturated heterocycles. The van der Waals surface area contributed by atoms with Crippen LogP contribution in [0.2, 0.25) is 0 Å². The van der Waals surface area contributed by atoms with Gasteiger partial charge in [-0.25, -0.2) is 0 Å². The molecule has 29 heavy (non-hydrogen) atoms. The third-order valence-corrected chi connectivity index (χ3v) is 5.60. The van der Waals surface area contributed by atoms with Gasteiger partial charge in [-0.3, -0.25) is 14.5 Å². The van der Waals surface area contributed by atoms with Crippen molar-refractivity contribution in [3.8, 4) is 11.5 Å². The van der Waals surface area contributed by atoms with Crippen LogP contribution in [0.25, 0.3) is 0 Å². The number of carbonyl (C=O) groups excluding carboxylic acids is 2. The van der Waals surface area contributed by atoms with E-state index in [2.05, 4.69) is 10.2 Å². The number of benzene rings is 2. The zero-order valence-electron chi connectivity index (χ0n) is 16.4. The lowest BCUT2D eigenvalue weighted by atomic mass is 9.98. The van der Waals surface area contributed by atoms with Crippen LogP contribution < -0.4 is 20.5 Å². The Hall–Kier alpha value is -3.06. The SMILES string of the molecule is Cc1ccccc1C(=O)NC1CCN(C(C(N)=O)c2ccc3c(c2)OCO3)CC1. The second-order valence-corrected chi connectivity index (χ2v) is 7.52. The van der Waals surface area contributed by atoms with E-state index in [0.717, 1.165) is 24.0 Å². The molecule has 3 N–H and O–H groups in total. The number of carbonyl (C=O) groups is 2. The zero-order chi connectivity index (χ0) is 20.4. The summed E-state index contributed by atoms with van der Waals surface area (Å²) in [6, 6.07) is 12.6. The van der Waals surface area contributed by atoms with Gasteiger partial charge in [0.05, 0.1) is 0 Å². The van der Waals surface area contributed by atoms with E-state index >= 15 is 0 Å². The Morgan fingerprint density at radius 3 is 2.55 bits per heavy atom. The van der Waals surface area contributed by atoms with Crippen molar-refractivity contribution in [2.24, 2.45) is 5.73 Å². The average Bonchev–Trinajstić information content (AvgIpc) is 3.17. The predicted octanol–water partition coefficient (Wildman–Crippen LogP) is 2.14. The van der Waals surface area contributed by atoms with Gasteiger partial charge in [-0.05, 0) is 49.1 Å². The fourth-order valence-electron chi connectivity index (χ4n) is 4.03. The minimum atomic E-state index is -0.530. The molecule has 0 aromatic heterocycles. The number of piperidine rings is 1. The van der Waals surface area contributed by atoms with E-state index in [1.165, 1.54) is 0 Å². The number of amides is 2. The molecule has 0 saturated carbocycles. The first-order chi connectivity index (χ1) is 14.0. The first-order valence-electron chi connectivity index (χ1n) is 9.82. The summed E-state index contributed by atoms with van der Waals surface area (Å²) in [4.78, 5) is 26.8. The van der Waals surface area contributed by atoms with Gasteiger partial charge in [0.25, 0.3) is 5.91 Å². The highest BCUT2D eigenvalue weighted by molar-refractivity contribution is 5.95. The second-order valence-electron chi connectivity index (χ2n) is 7.52. The van der Waals surface area contributed by atoms with Crippen LogP contribution in [0.1, 0.15) is 40.4 Å². The van der Waals surface area contributed by atoms with Gasteiger partial charge in [0.2, 0.25) is 12.7 Å². The predicted molar refractivity (Wildman–Crippen MR) is 108 cm³/mol.